The fraction of sp³-hybridized carbons (Fsp3) is 0.182. The molecule has 1 aromatic carbocycles. The summed E-state index contributed by atoms with van der Waals surface area (Å²) in [6.07, 6.45) is 1.38. The Balaban J connectivity index is 2.62. The van der Waals surface area contributed by atoms with Crippen molar-refractivity contribution in [2.75, 3.05) is 0 Å². The van der Waals surface area contributed by atoms with Crippen LogP contribution >= 0.6 is 0 Å². The summed E-state index contributed by atoms with van der Waals surface area (Å²) in [5.74, 6) is -2.42. The van der Waals surface area contributed by atoms with Crippen molar-refractivity contribution in [3.8, 4) is 0 Å². The van der Waals surface area contributed by atoms with Crippen LogP contribution in [0.15, 0.2) is 28.9 Å². The van der Waals surface area contributed by atoms with Gasteiger partial charge in [-0.25, -0.2) is 4.39 Å². The summed E-state index contributed by atoms with van der Waals surface area (Å²) >= 11 is 0. The first-order chi connectivity index (χ1) is 7.11. The molecule has 15 heavy (non-hydrogen) atoms. The lowest BCUT2D eigenvalue weighted by atomic mass is 9.99. The Hall–Kier alpha value is -1.84. The lowest BCUT2D eigenvalue weighted by Crippen LogP contribution is -2.09. The van der Waals surface area contributed by atoms with Crippen LogP contribution in [0.1, 0.15) is 18.4 Å². The molecule has 0 aliphatic heterocycles. The maximum absolute atomic E-state index is 13.8. The van der Waals surface area contributed by atoms with Crippen molar-refractivity contribution >= 4 is 16.9 Å². The molecule has 0 aliphatic rings. The summed E-state index contributed by atoms with van der Waals surface area (Å²) in [6, 6.07) is 4.51. The molecule has 0 radical (unpaired) electrons. The summed E-state index contributed by atoms with van der Waals surface area (Å²) in [4.78, 5) is 10.7. The van der Waals surface area contributed by atoms with Gasteiger partial charge in [0.2, 0.25) is 0 Å². The Kier molecular flexibility index (Phi) is 2.19. The third kappa shape index (κ3) is 1.48. The second-order valence-electron chi connectivity index (χ2n) is 3.36. The van der Waals surface area contributed by atoms with Gasteiger partial charge in [0.25, 0.3) is 0 Å². The molecule has 0 aliphatic carbocycles. The smallest absolute Gasteiger partial charge is 0.310 e. The van der Waals surface area contributed by atoms with Crippen molar-refractivity contribution in [1.29, 1.82) is 0 Å². The van der Waals surface area contributed by atoms with Gasteiger partial charge < -0.3 is 9.52 Å². The predicted octanol–water partition coefficient (Wildman–Crippen LogP) is 2.76. The summed E-state index contributed by atoms with van der Waals surface area (Å²) in [7, 11) is 0. The van der Waals surface area contributed by atoms with Crippen molar-refractivity contribution in [3.63, 3.8) is 0 Å². The van der Waals surface area contributed by atoms with Crippen LogP contribution in [-0.2, 0) is 4.79 Å². The van der Waals surface area contributed by atoms with Gasteiger partial charge in [0.1, 0.15) is 11.4 Å². The third-order valence-corrected chi connectivity index (χ3v) is 2.44. The molecule has 1 N–H and O–H groups in total. The van der Waals surface area contributed by atoms with E-state index in [1.807, 2.05) is 0 Å². The van der Waals surface area contributed by atoms with Crippen molar-refractivity contribution in [2.24, 2.45) is 0 Å². The molecule has 4 heteroatoms. The largest absolute Gasteiger partial charge is 0.481 e. The van der Waals surface area contributed by atoms with E-state index >= 15 is 0 Å². The molecule has 1 heterocycles. The normalized spacial score (nSPS) is 12.9. The minimum absolute atomic E-state index is 0.177. The van der Waals surface area contributed by atoms with Gasteiger partial charge in [-0.2, -0.15) is 0 Å². The maximum Gasteiger partial charge on any atom is 0.310 e. The van der Waals surface area contributed by atoms with Gasteiger partial charge in [-0.1, -0.05) is 6.07 Å². The van der Waals surface area contributed by atoms with Crippen LogP contribution in [0.3, 0.4) is 0 Å². The molecule has 2 aromatic rings. The lowest BCUT2D eigenvalue weighted by Gasteiger charge is -2.07. The highest BCUT2D eigenvalue weighted by Crippen LogP contribution is 2.27. The quantitative estimate of drug-likeness (QED) is 0.825. The van der Waals surface area contributed by atoms with E-state index in [1.165, 1.54) is 25.3 Å². The van der Waals surface area contributed by atoms with Crippen molar-refractivity contribution < 1.29 is 18.7 Å². The van der Waals surface area contributed by atoms with Gasteiger partial charge in [0.05, 0.1) is 17.6 Å². The zero-order valence-corrected chi connectivity index (χ0v) is 8.03. The fourth-order valence-corrected chi connectivity index (χ4v) is 1.49. The molecule has 2 rings (SSSR count). The molecular formula is C11H9FO3. The number of carboxylic acids is 1. The Morgan fingerprint density at radius 3 is 2.87 bits per heavy atom. The molecule has 1 aromatic heterocycles. The number of aliphatic carboxylic acids is 1. The van der Waals surface area contributed by atoms with E-state index in [0.29, 0.717) is 11.0 Å². The highest BCUT2D eigenvalue weighted by atomic mass is 19.1. The van der Waals surface area contributed by atoms with Crippen LogP contribution in [0.2, 0.25) is 0 Å². The minimum atomic E-state index is -1.04. The van der Waals surface area contributed by atoms with Crippen molar-refractivity contribution in [1.82, 2.24) is 0 Å². The molecular weight excluding hydrogens is 199 g/mol. The van der Waals surface area contributed by atoms with E-state index in [0.717, 1.165) is 0 Å². The number of carboxylic acid groups (broad SMARTS) is 1. The summed E-state index contributed by atoms with van der Waals surface area (Å²) < 4.78 is 18.8. The van der Waals surface area contributed by atoms with Gasteiger partial charge >= 0.3 is 5.97 Å². The molecule has 1 atom stereocenters. The number of benzene rings is 1. The number of fused-ring (bicyclic) bond motifs is 1. The monoisotopic (exact) mass is 208 g/mol. The molecule has 0 saturated heterocycles. The summed E-state index contributed by atoms with van der Waals surface area (Å²) in [5.41, 5.74) is 0.602. The Morgan fingerprint density at radius 1 is 1.47 bits per heavy atom. The number of halogens is 1. The van der Waals surface area contributed by atoms with Crippen LogP contribution in [-0.4, -0.2) is 11.1 Å². The first-order valence-corrected chi connectivity index (χ1v) is 4.49. The highest BCUT2D eigenvalue weighted by Gasteiger charge is 2.19. The molecule has 0 fully saturated rings. The maximum atomic E-state index is 13.8. The van der Waals surface area contributed by atoms with E-state index in [4.69, 9.17) is 9.52 Å². The third-order valence-electron chi connectivity index (χ3n) is 2.44. The number of hydrogen-bond acceptors (Lipinski definition) is 2. The Morgan fingerprint density at radius 2 is 2.20 bits per heavy atom. The lowest BCUT2D eigenvalue weighted by molar-refractivity contribution is -0.138. The number of rotatable bonds is 2. The Labute approximate surface area is 85.1 Å². The second kappa shape index (κ2) is 3.38. The molecule has 3 nitrogen and oxygen atoms in total. The van der Waals surface area contributed by atoms with Crippen LogP contribution in [0.5, 0.6) is 0 Å². The highest BCUT2D eigenvalue weighted by molar-refractivity contribution is 5.82. The van der Waals surface area contributed by atoms with Gasteiger partial charge in [0, 0.05) is 5.56 Å². The zero-order valence-electron chi connectivity index (χ0n) is 8.03. The number of hydrogen-bond donors (Lipinski definition) is 1. The Bertz CT molecular complexity index is 516. The van der Waals surface area contributed by atoms with Crippen LogP contribution in [0.25, 0.3) is 11.0 Å². The molecule has 0 amide bonds. The molecule has 1 unspecified atom stereocenters. The molecule has 0 bridgehead atoms. The van der Waals surface area contributed by atoms with Crippen molar-refractivity contribution in [2.45, 2.75) is 12.8 Å². The van der Waals surface area contributed by atoms with Crippen LogP contribution < -0.4 is 0 Å². The van der Waals surface area contributed by atoms with Gasteiger partial charge in [-0.05, 0) is 19.1 Å². The average molecular weight is 208 g/mol. The molecule has 78 valence electrons. The topological polar surface area (TPSA) is 50.4 Å². The summed E-state index contributed by atoms with van der Waals surface area (Å²) in [6.45, 7) is 1.45. The van der Waals surface area contributed by atoms with Gasteiger partial charge in [-0.15, -0.1) is 0 Å². The van der Waals surface area contributed by atoms with Crippen molar-refractivity contribution in [3.05, 3.63) is 35.8 Å². The molecule has 0 spiro atoms. The summed E-state index contributed by atoms with van der Waals surface area (Å²) in [5, 5.41) is 9.11. The van der Waals surface area contributed by atoms with E-state index in [-0.39, 0.29) is 5.56 Å². The van der Waals surface area contributed by atoms with Crippen LogP contribution in [0, 0.1) is 5.82 Å². The van der Waals surface area contributed by atoms with Gasteiger partial charge in [-0.3, -0.25) is 4.79 Å². The number of furan rings is 1. The average Bonchev–Trinajstić information content (AvgIpc) is 2.66. The first-order valence-electron chi connectivity index (χ1n) is 4.49. The van der Waals surface area contributed by atoms with E-state index in [1.54, 1.807) is 6.07 Å². The van der Waals surface area contributed by atoms with E-state index < -0.39 is 17.7 Å². The minimum Gasteiger partial charge on any atom is -0.481 e. The van der Waals surface area contributed by atoms with E-state index in [9.17, 15) is 9.18 Å². The van der Waals surface area contributed by atoms with E-state index in [2.05, 4.69) is 0 Å². The standard InChI is InChI=1S/C11H9FO3/c1-6(11(13)14)7-2-3-9-8(10(7)12)4-5-15-9/h2-6H,1H3,(H,13,14). The SMILES string of the molecule is CC(C(=O)O)c1ccc2occc2c1F. The van der Waals surface area contributed by atoms with Gasteiger partial charge in [0.15, 0.2) is 0 Å². The van der Waals surface area contributed by atoms with Crippen LogP contribution in [0.4, 0.5) is 4.39 Å². The second-order valence-corrected chi connectivity index (χ2v) is 3.36. The molecule has 0 saturated carbocycles. The number of carbonyl (C=O) groups is 1. The zero-order chi connectivity index (χ0) is 11.0. The predicted molar refractivity (Wildman–Crippen MR) is 52.2 cm³/mol. The first kappa shape index (κ1) is 9.71. The fourth-order valence-electron chi connectivity index (χ4n) is 1.49.